The number of thioether (sulfide) groups is 1. The number of halogens is 1. The van der Waals surface area contributed by atoms with E-state index in [0.29, 0.717) is 33.9 Å². The topological polar surface area (TPSA) is 85.6 Å². The van der Waals surface area contributed by atoms with E-state index in [9.17, 15) is 14.4 Å². The summed E-state index contributed by atoms with van der Waals surface area (Å²) in [6.07, 6.45) is 5.35. The molecule has 0 saturated carbocycles. The van der Waals surface area contributed by atoms with Crippen molar-refractivity contribution in [3.8, 4) is 0 Å². The molecule has 1 heterocycles. The van der Waals surface area contributed by atoms with Crippen molar-refractivity contribution in [3.63, 3.8) is 0 Å². The smallest absolute Gasteiger partial charge is 0.336 e. The van der Waals surface area contributed by atoms with Crippen LogP contribution in [0, 0.1) is 0 Å². The van der Waals surface area contributed by atoms with Gasteiger partial charge in [0.25, 0.3) is 5.91 Å². The largest absolute Gasteiger partial charge is 0.459 e. The van der Waals surface area contributed by atoms with Gasteiger partial charge in [0, 0.05) is 17.0 Å². The third-order valence-electron chi connectivity index (χ3n) is 5.73. The fraction of sp³-hybridized carbons (Fsp3) is 0.320. The Hall–Kier alpha value is -2.77. The molecule has 1 N–H and O–H groups in total. The number of hydrogen-bond donors (Lipinski definition) is 1. The molecule has 0 bridgehead atoms. The summed E-state index contributed by atoms with van der Waals surface area (Å²) in [6, 6.07) is 11.1. The number of nitrogens with one attached hydrogen (secondary N) is 1. The van der Waals surface area contributed by atoms with Crippen molar-refractivity contribution in [2.75, 3.05) is 12.0 Å². The Kier molecular flexibility index (Phi) is 7.40. The molecule has 33 heavy (non-hydrogen) atoms. The molecule has 0 radical (unpaired) electrons. The molecule has 0 fully saturated rings. The second-order valence-corrected chi connectivity index (χ2v) is 9.35. The summed E-state index contributed by atoms with van der Waals surface area (Å²) in [7, 11) is 0. The summed E-state index contributed by atoms with van der Waals surface area (Å²) >= 11 is 7.68. The SMILES string of the molecule is CSCCC(NC(=O)c1ccccc1Cl)C(=O)OCc1cc(=O)oc2cc3c(cc12)CCC3. The normalized spacial score (nSPS) is 13.5. The lowest BCUT2D eigenvalue weighted by Gasteiger charge is -2.18. The predicted molar refractivity (Wildman–Crippen MR) is 130 cm³/mol. The van der Waals surface area contributed by atoms with Gasteiger partial charge in [-0.2, -0.15) is 11.8 Å². The summed E-state index contributed by atoms with van der Waals surface area (Å²) in [5.41, 5.74) is 3.32. The Morgan fingerprint density at radius 3 is 2.70 bits per heavy atom. The Morgan fingerprint density at radius 1 is 1.18 bits per heavy atom. The quantitative estimate of drug-likeness (QED) is 0.372. The van der Waals surface area contributed by atoms with Crippen molar-refractivity contribution in [1.82, 2.24) is 5.32 Å². The maximum atomic E-state index is 12.9. The first-order chi connectivity index (χ1) is 16.0. The van der Waals surface area contributed by atoms with Gasteiger partial charge in [-0.3, -0.25) is 4.79 Å². The van der Waals surface area contributed by atoms with Crippen LogP contribution in [0.2, 0.25) is 5.02 Å². The molecule has 1 aromatic heterocycles. The molecule has 1 aliphatic rings. The van der Waals surface area contributed by atoms with Crippen LogP contribution in [0.5, 0.6) is 0 Å². The van der Waals surface area contributed by atoms with Crippen molar-refractivity contribution < 1.29 is 18.7 Å². The van der Waals surface area contributed by atoms with Gasteiger partial charge < -0.3 is 14.5 Å². The Bertz CT molecular complexity index is 1260. The van der Waals surface area contributed by atoms with Gasteiger partial charge in [0.1, 0.15) is 18.2 Å². The number of fused-ring (bicyclic) bond motifs is 2. The fourth-order valence-corrected chi connectivity index (χ4v) is 4.72. The maximum absolute atomic E-state index is 12.9. The van der Waals surface area contributed by atoms with E-state index in [1.165, 1.54) is 17.2 Å². The Labute approximate surface area is 200 Å². The minimum Gasteiger partial charge on any atom is -0.459 e. The second kappa shape index (κ2) is 10.4. The van der Waals surface area contributed by atoms with Crippen LogP contribution in [0.4, 0.5) is 0 Å². The van der Waals surface area contributed by atoms with Crippen LogP contribution in [0.3, 0.4) is 0 Å². The van der Waals surface area contributed by atoms with E-state index in [1.807, 2.05) is 18.4 Å². The van der Waals surface area contributed by atoms with E-state index in [1.54, 1.807) is 36.0 Å². The van der Waals surface area contributed by atoms with E-state index in [0.717, 1.165) is 24.6 Å². The first kappa shape index (κ1) is 23.4. The lowest BCUT2D eigenvalue weighted by atomic mass is 10.0. The molecule has 0 aliphatic heterocycles. The molecule has 1 unspecified atom stereocenters. The molecule has 4 rings (SSSR count). The van der Waals surface area contributed by atoms with Crippen LogP contribution in [0.1, 0.15) is 39.9 Å². The lowest BCUT2D eigenvalue weighted by Crippen LogP contribution is -2.42. The van der Waals surface area contributed by atoms with Crippen LogP contribution in [0.15, 0.2) is 51.7 Å². The van der Waals surface area contributed by atoms with Crippen LogP contribution >= 0.6 is 23.4 Å². The third kappa shape index (κ3) is 5.42. The highest BCUT2D eigenvalue weighted by Gasteiger charge is 2.24. The zero-order chi connectivity index (χ0) is 23.4. The van der Waals surface area contributed by atoms with Gasteiger partial charge >= 0.3 is 11.6 Å². The molecule has 0 spiro atoms. The highest BCUT2D eigenvalue weighted by Crippen LogP contribution is 2.29. The van der Waals surface area contributed by atoms with Crippen LogP contribution in [-0.4, -0.2) is 29.9 Å². The number of aryl methyl sites for hydroxylation is 2. The summed E-state index contributed by atoms with van der Waals surface area (Å²) in [6.45, 7) is -0.0859. The zero-order valence-corrected chi connectivity index (χ0v) is 19.8. The van der Waals surface area contributed by atoms with Crippen molar-refractivity contribution in [1.29, 1.82) is 0 Å². The van der Waals surface area contributed by atoms with Crippen LogP contribution in [0.25, 0.3) is 11.0 Å². The van der Waals surface area contributed by atoms with Gasteiger partial charge in [0.15, 0.2) is 0 Å². The summed E-state index contributed by atoms with van der Waals surface area (Å²) < 4.78 is 10.9. The minimum atomic E-state index is -0.836. The minimum absolute atomic E-state index is 0.0859. The molecule has 1 atom stereocenters. The van der Waals surface area contributed by atoms with Gasteiger partial charge in [-0.15, -0.1) is 0 Å². The molecule has 1 amide bonds. The predicted octanol–water partition coefficient (Wildman–Crippen LogP) is 4.53. The molecular weight excluding hydrogens is 462 g/mol. The highest BCUT2D eigenvalue weighted by atomic mass is 35.5. The Morgan fingerprint density at radius 2 is 1.94 bits per heavy atom. The number of hydrogen-bond acceptors (Lipinski definition) is 6. The van der Waals surface area contributed by atoms with Crippen molar-refractivity contribution in [2.24, 2.45) is 0 Å². The summed E-state index contributed by atoms with van der Waals surface area (Å²) in [4.78, 5) is 37.7. The zero-order valence-electron chi connectivity index (χ0n) is 18.2. The van der Waals surface area contributed by atoms with Gasteiger partial charge in [-0.05, 0) is 73.1 Å². The number of rotatable bonds is 8. The van der Waals surface area contributed by atoms with Crippen LogP contribution < -0.4 is 10.9 Å². The van der Waals surface area contributed by atoms with Crippen molar-refractivity contribution in [3.05, 3.63) is 80.2 Å². The van der Waals surface area contributed by atoms with Gasteiger partial charge in [-0.1, -0.05) is 23.7 Å². The average Bonchev–Trinajstić information content (AvgIpc) is 3.26. The number of carbonyl (C=O) groups excluding carboxylic acids is 2. The molecular formula is C25H24ClNO5S. The molecule has 172 valence electrons. The van der Waals surface area contributed by atoms with Crippen molar-refractivity contribution >= 4 is 46.2 Å². The average molecular weight is 486 g/mol. The monoisotopic (exact) mass is 485 g/mol. The van der Waals surface area contributed by atoms with Gasteiger partial charge in [0.2, 0.25) is 0 Å². The lowest BCUT2D eigenvalue weighted by molar-refractivity contribution is -0.147. The van der Waals surface area contributed by atoms with Crippen LogP contribution in [-0.2, 0) is 29.0 Å². The van der Waals surface area contributed by atoms with Gasteiger partial charge in [0.05, 0.1) is 10.6 Å². The maximum Gasteiger partial charge on any atom is 0.336 e. The third-order valence-corrected chi connectivity index (χ3v) is 6.71. The number of amides is 1. The number of esters is 1. The van der Waals surface area contributed by atoms with Crippen molar-refractivity contribution in [2.45, 2.75) is 38.3 Å². The number of benzene rings is 2. The molecule has 1 aliphatic carbocycles. The highest BCUT2D eigenvalue weighted by molar-refractivity contribution is 7.98. The molecule has 2 aromatic carbocycles. The number of ether oxygens (including phenoxy) is 1. The fourth-order valence-electron chi connectivity index (χ4n) is 4.03. The second-order valence-electron chi connectivity index (χ2n) is 7.96. The Balaban J connectivity index is 1.51. The van der Waals surface area contributed by atoms with E-state index in [4.69, 9.17) is 20.8 Å². The number of carbonyl (C=O) groups is 2. The molecule has 6 nitrogen and oxygen atoms in total. The van der Waals surface area contributed by atoms with E-state index in [2.05, 4.69) is 5.32 Å². The summed E-state index contributed by atoms with van der Waals surface area (Å²) in [5.74, 6) is -0.343. The molecule has 8 heteroatoms. The van der Waals surface area contributed by atoms with E-state index >= 15 is 0 Å². The molecule has 3 aromatic rings. The summed E-state index contributed by atoms with van der Waals surface area (Å²) in [5, 5.41) is 3.81. The van der Waals surface area contributed by atoms with Gasteiger partial charge in [-0.25, -0.2) is 9.59 Å². The first-order valence-corrected chi connectivity index (χ1v) is 12.5. The van der Waals surface area contributed by atoms with E-state index in [-0.39, 0.29) is 6.61 Å². The first-order valence-electron chi connectivity index (χ1n) is 10.8. The van der Waals surface area contributed by atoms with E-state index < -0.39 is 23.5 Å². The molecule has 0 saturated heterocycles. The standard InChI is InChI=1S/C25H24ClNO5S/c1-33-10-9-21(27-24(29)18-7-2-3-8-20(18)26)25(30)31-14-17-13-23(28)32-22-12-16-6-4-5-15(16)11-19(17)22/h2-3,7-8,11-13,21H,4-6,9-10,14H2,1H3,(H,27,29).